The van der Waals surface area contributed by atoms with Gasteiger partial charge in [0.15, 0.2) is 0 Å². The molecule has 1 aliphatic rings. The Morgan fingerprint density at radius 2 is 1.69 bits per heavy atom. The number of nitrogens with one attached hydrogen (secondary N) is 1. The highest BCUT2D eigenvalue weighted by molar-refractivity contribution is 6.30. The maximum absolute atomic E-state index is 13.0. The average Bonchev–Trinajstić information content (AvgIpc) is 3.08. The van der Waals surface area contributed by atoms with E-state index < -0.39 is 0 Å². The number of carbonyl (C=O) groups is 2. The van der Waals surface area contributed by atoms with Crippen LogP contribution in [-0.2, 0) is 0 Å². The first-order valence-corrected chi connectivity index (χ1v) is 10.2. The Morgan fingerprint density at radius 3 is 2.44 bits per heavy atom. The van der Waals surface area contributed by atoms with Crippen LogP contribution in [0.2, 0.25) is 5.02 Å². The molecule has 0 spiro atoms. The smallest absolute Gasteiger partial charge is 0.280 e. The zero-order valence-electron chi connectivity index (χ0n) is 17.2. The largest absolute Gasteiger partial charge is 0.295 e. The van der Waals surface area contributed by atoms with Gasteiger partial charge >= 0.3 is 0 Å². The number of hydrogen-bond acceptors (Lipinski definition) is 4. The number of rotatable bonds is 3. The van der Waals surface area contributed by atoms with Gasteiger partial charge in [-0.2, -0.15) is 0 Å². The molecule has 2 amide bonds. The third-order valence-corrected chi connectivity index (χ3v) is 5.84. The third kappa shape index (κ3) is 2.98. The molecule has 0 saturated carbocycles. The van der Waals surface area contributed by atoms with Crippen molar-refractivity contribution in [2.45, 2.75) is 6.92 Å². The summed E-state index contributed by atoms with van der Waals surface area (Å²) in [5, 5.41) is 4.82. The van der Waals surface area contributed by atoms with Crippen LogP contribution < -0.4 is 5.56 Å². The summed E-state index contributed by atoms with van der Waals surface area (Å²) in [5.41, 5.74) is 2.88. The van der Waals surface area contributed by atoms with Crippen LogP contribution >= 0.6 is 11.6 Å². The van der Waals surface area contributed by atoms with Gasteiger partial charge in [-0.3, -0.25) is 29.4 Å². The molecule has 0 fully saturated rings. The minimum absolute atomic E-state index is 0.261. The number of imide groups is 1. The fourth-order valence-electron chi connectivity index (χ4n) is 3.96. The summed E-state index contributed by atoms with van der Waals surface area (Å²) in [6.45, 7) is 1.79. The number of amides is 2. The highest BCUT2D eigenvalue weighted by Gasteiger charge is 2.30. The fraction of sp³-hybridized carbons (Fsp3) is 0.0833. The van der Waals surface area contributed by atoms with Crippen molar-refractivity contribution in [3.63, 3.8) is 0 Å². The summed E-state index contributed by atoms with van der Waals surface area (Å²) in [7, 11) is 1.47. The summed E-state index contributed by atoms with van der Waals surface area (Å²) in [5.74, 6) is -0.694. The van der Waals surface area contributed by atoms with Crippen LogP contribution in [0.4, 0.5) is 5.69 Å². The minimum Gasteiger partial charge on any atom is -0.295 e. The Labute approximate surface area is 187 Å². The van der Waals surface area contributed by atoms with Gasteiger partial charge in [-0.15, -0.1) is 0 Å². The molecule has 2 heterocycles. The summed E-state index contributed by atoms with van der Waals surface area (Å²) >= 11 is 6.06. The Kier molecular flexibility index (Phi) is 4.56. The van der Waals surface area contributed by atoms with Crippen molar-refractivity contribution in [1.29, 1.82) is 0 Å². The van der Waals surface area contributed by atoms with Crippen LogP contribution in [0.1, 0.15) is 32.0 Å². The molecule has 3 aromatic carbocycles. The van der Waals surface area contributed by atoms with E-state index >= 15 is 0 Å². The first kappa shape index (κ1) is 20.0. The fourth-order valence-corrected chi connectivity index (χ4v) is 4.14. The number of hydrogen-bond donors (Lipinski definition) is 1. The lowest BCUT2D eigenvalue weighted by Gasteiger charge is -2.24. The lowest BCUT2D eigenvalue weighted by Crippen LogP contribution is -2.36. The highest BCUT2D eigenvalue weighted by Crippen LogP contribution is 2.35. The molecule has 158 valence electrons. The number of benzene rings is 3. The summed E-state index contributed by atoms with van der Waals surface area (Å²) < 4.78 is 1.41. The van der Waals surface area contributed by atoms with Crippen molar-refractivity contribution in [2.24, 2.45) is 4.99 Å². The van der Waals surface area contributed by atoms with Gasteiger partial charge in [0.1, 0.15) is 0 Å². The monoisotopic (exact) mass is 444 g/mol. The Balaban J connectivity index is 1.62. The number of aromatic nitrogens is 2. The van der Waals surface area contributed by atoms with Crippen molar-refractivity contribution in [1.82, 2.24) is 14.7 Å². The second kappa shape index (κ2) is 7.32. The number of H-pyrrole nitrogens is 1. The molecule has 1 N–H and O–H groups in total. The number of aromatic amines is 1. The lowest BCUT2D eigenvalue weighted by atomic mass is 9.93. The molecule has 4 aromatic rings. The van der Waals surface area contributed by atoms with Crippen LogP contribution in [-0.4, -0.2) is 39.8 Å². The number of halogens is 1. The van der Waals surface area contributed by atoms with E-state index in [-0.39, 0.29) is 17.4 Å². The molecule has 1 aliphatic heterocycles. The van der Waals surface area contributed by atoms with E-state index in [1.54, 1.807) is 55.5 Å². The molecule has 8 heteroatoms. The molecule has 32 heavy (non-hydrogen) atoms. The molecular formula is C24H17ClN4O3. The van der Waals surface area contributed by atoms with Crippen molar-refractivity contribution < 1.29 is 9.59 Å². The Bertz CT molecular complexity index is 1510. The van der Waals surface area contributed by atoms with Gasteiger partial charge < -0.3 is 0 Å². The maximum Gasteiger partial charge on any atom is 0.280 e. The third-order valence-electron chi connectivity index (χ3n) is 5.60. The van der Waals surface area contributed by atoms with E-state index in [1.165, 1.54) is 17.9 Å². The normalized spacial score (nSPS) is 13.5. The van der Waals surface area contributed by atoms with E-state index in [4.69, 9.17) is 11.6 Å². The van der Waals surface area contributed by atoms with Crippen LogP contribution in [0.5, 0.6) is 0 Å². The number of aryl methyl sites for hydroxylation is 1. The summed E-state index contributed by atoms with van der Waals surface area (Å²) in [4.78, 5) is 43.8. The van der Waals surface area contributed by atoms with Gasteiger partial charge in [0.05, 0.1) is 16.9 Å². The van der Waals surface area contributed by atoms with Crippen molar-refractivity contribution in [3.05, 3.63) is 92.4 Å². The van der Waals surface area contributed by atoms with Crippen LogP contribution in [0.25, 0.3) is 16.5 Å². The molecule has 5 rings (SSSR count). The quantitative estimate of drug-likeness (QED) is 0.378. The first-order valence-electron chi connectivity index (χ1n) is 9.86. The molecule has 0 atom stereocenters. The van der Waals surface area contributed by atoms with E-state index in [2.05, 4.69) is 10.1 Å². The molecule has 0 saturated heterocycles. The number of nitrogens with zero attached hydrogens (tertiary/aromatic N) is 3. The molecule has 0 unspecified atom stereocenters. The van der Waals surface area contributed by atoms with E-state index in [0.717, 1.165) is 4.90 Å². The molecule has 7 nitrogen and oxygen atoms in total. The zero-order valence-corrected chi connectivity index (χ0v) is 18.0. The second-order valence-electron chi connectivity index (χ2n) is 7.56. The van der Waals surface area contributed by atoms with Gasteiger partial charge in [0.2, 0.25) is 0 Å². The van der Waals surface area contributed by atoms with Gasteiger partial charge in [0, 0.05) is 45.9 Å². The van der Waals surface area contributed by atoms with E-state index in [9.17, 15) is 14.4 Å². The number of carbonyl (C=O) groups excluding carboxylic acids is 2. The van der Waals surface area contributed by atoms with Gasteiger partial charge in [0.25, 0.3) is 17.4 Å². The number of aliphatic imine (C=N–C) groups is 1. The van der Waals surface area contributed by atoms with Gasteiger partial charge in [-0.1, -0.05) is 29.8 Å². The Morgan fingerprint density at radius 1 is 0.969 bits per heavy atom. The molecule has 0 radical (unpaired) electrons. The van der Waals surface area contributed by atoms with Crippen LogP contribution in [0.15, 0.2) is 64.4 Å². The predicted octanol–water partition coefficient (Wildman–Crippen LogP) is 4.26. The van der Waals surface area contributed by atoms with E-state index in [0.29, 0.717) is 49.6 Å². The van der Waals surface area contributed by atoms with E-state index in [1.807, 2.05) is 6.07 Å². The summed E-state index contributed by atoms with van der Waals surface area (Å²) in [6.07, 6.45) is 1.50. The van der Waals surface area contributed by atoms with Gasteiger partial charge in [-0.05, 0) is 43.3 Å². The standard InChI is InChI=1S/C24H17ClN4O3/c1-13-19(24(32)29(27-13)15-6-3-5-14(25)11-15)12-26-20-10-9-18-21-16(20)7-4-8-17(21)22(30)28(2)23(18)31/h3-12,27H,1-2H3. The minimum atomic E-state index is -0.347. The van der Waals surface area contributed by atoms with Crippen molar-refractivity contribution >= 4 is 46.1 Å². The maximum atomic E-state index is 13.0. The first-order chi connectivity index (χ1) is 15.4. The zero-order chi connectivity index (χ0) is 22.6. The van der Waals surface area contributed by atoms with Crippen LogP contribution in [0.3, 0.4) is 0 Å². The van der Waals surface area contributed by atoms with Gasteiger partial charge in [-0.25, -0.2) is 4.68 Å². The highest BCUT2D eigenvalue weighted by atomic mass is 35.5. The molecule has 1 aromatic heterocycles. The lowest BCUT2D eigenvalue weighted by molar-refractivity contribution is 0.0650. The average molecular weight is 445 g/mol. The molecule has 0 bridgehead atoms. The van der Waals surface area contributed by atoms with Crippen LogP contribution in [0, 0.1) is 6.92 Å². The molecular weight excluding hydrogens is 428 g/mol. The topological polar surface area (TPSA) is 87.5 Å². The SMILES string of the molecule is Cc1[nH]n(-c2cccc(Cl)c2)c(=O)c1C=Nc1ccc2c3c(cccc13)C(=O)N(C)C2=O. The predicted molar refractivity (Wildman–Crippen MR) is 124 cm³/mol. The van der Waals surface area contributed by atoms with Crippen molar-refractivity contribution in [3.8, 4) is 5.69 Å². The molecule has 0 aliphatic carbocycles. The summed E-state index contributed by atoms with van der Waals surface area (Å²) in [6, 6.07) is 15.6. The Hall–Kier alpha value is -3.97. The second-order valence-corrected chi connectivity index (χ2v) is 8.00. The van der Waals surface area contributed by atoms with Crippen molar-refractivity contribution in [2.75, 3.05) is 7.05 Å².